The molecule has 8 heteroatoms. The van der Waals surface area contributed by atoms with Crippen LogP contribution in [0.4, 0.5) is 0 Å². The van der Waals surface area contributed by atoms with Crippen LogP contribution in [0, 0.1) is 0 Å². The van der Waals surface area contributed by atoms with Gasteiger partial charge in [-0.25, -0.2) is 0 Å². The zero-order valence-electron chi connectivity index (χ0n) is 11.9. The smallest absolute Gasteiger partial charge is 0.277 e. The summed E-state index contributed by atoms with van der Waals surface area (Å²) in [5, 5.41) is 14.5. The quantitative estimate of drug-likeness (QED) is 0.676. The fourth-order valence-electron chi connectivity index (χ4n) is 1.51. The van der Waals surface area contributed by atoms with E-state index >= 15 is 0 Å². The molecule has 3 heterocycles. The highest BCUT2D eigenvalue weighted by Gasteiger charge is 2.22. The molecule has 6 nitrogen and oxygen atoms in total. The van der Waals surface area contributed by atoms with Crippen LogP contribution in [0.2, 0.25) is 0 Å². The zero-order chi connectivity index (χ0) is 14.9. The van der Waals surface area contributed by atoms with E-state index in [-0.39, 0.29) is 5.41 Å². The van der Waals surface area contributed by atoms with Gasteiger partial charge in [0.15, 0.2) is 0 Å². The summed E-state index contributed by atoms with van der Waals surface area (Å²) < 4.78 is 10.8. The summed E-state index contributed by atoms with van der Waals surface area (Å²) in [6, 6.07) is 3.91. The van der Waals surface area contributed by atoms with Crippen molar-refractivity contribution in [2.24, 2.45) is 0 Å². The molecule has 0 N–H and O–H groups in total. The van der Waals surface area contributed by atoms with Gasteiger partial charge in [0.25, 0.3) is 5.22 Å². The molecule has 110 valence electrons. The highest BCUT2D eigenvalue weighted by atomic mass is 32.2. The highest BCUT2D eigenvalue weighted by molar-refractivity contribution is 7.98. The number of thioether (sulfide) groups is 1. The van der Waals surface area contributed by atoms with Crippen LogP contribution < -0.4 is 0 Å². The van der Waals surface area contributed by atoms with Gasteiger partial charge in [0.1, 0.15) is 0 Å². The Morgan fingerprint density at radius 2 is 2.14 bits per heavy atom. The highest BCUT2D eigenvalue weighted by Crippen LogP contribution is 2.27. The van der Waals surface area contributed by atoms with Crippen LogP contribution >= 0.6 is 23.1 Å². The summed E-state index contributed by atoms with van der Waals surface area (Å²) in [7, 11) is 0. The molecule has 0 amide bonds. The van der Waals surface area contributed by atoms with E-state index < -0.39 is 0 Å². The summed E-state index contributed by atoms with van der Waals surface area (Å²) in [5.41, 5.74) is -0.150. The van der Waals surface area contributed by atoms with Crippen molar-refractivity contribution in [2.45, 2.75) is 37.2 Å². The molecule has 3 aromatic rings. The maximum Gasteiger partial charge on any atom is 0.277 e. The number of rotatable bonds is 4. The van der Waals surface area contributed by atoms with Crippen LogP contribution in [0.15, 0.2) is 31.7 Å². The van der Waals surface area contributed by atoms with Crippen molar-refractivity contribution in [3.8, 4) is 10.7 Å². The number of aromatic nitrogens is 4. The van der Waals surface area contributed by atoms with Crippen LogP contribution in [0.1, 0.15) is 32.6 Å². The summed E-state index contributed by atoms with van der Waals surface area (Å²) >= 11 is 2.97. The van der Waals surface area contributed by atoms with E-state index in [1.54, 1.807) is 11.3 Å². The molecule has 0 fully saturated rings. The minimum Gasteiger partial charge on any atom is -0.415 e. The molecule has 0 spiro atoms. The van der Waals surface area contributed by atoms with Crippen LogP contribution in [0.5, 0.6) is 0 Å². The molecular formula is C13H14N4O2S2. The van der Waals surface area contributed by atoms with Crippen LogP contribution in [0.3, 0.4) is 0 Å². The van der Waals surface area contributed by atoms with E-state index in [0.717, 1.165) is 4.88 Å². The third-order valence-corrected chi connectivity index (χ3v) is 4.25. The SMILES string of the molecule is CC(C)(C)c1nnc(SCc2nc(-c3cccs3)no2)o1. The molecule has 3 rings (SSSR count). The second-order valence-electron chi connectivity index (χ2n) is 5.40. The predicted molar refractivity (Wildman–Crippen MR) is 80.2 cm³/mol. The summed E-state index contributed by atoms with van der Waals surface area (Å²) in [6.07, 6.45) is 0. The molecule has 0 bridgehead atoms. The lowest BCUT2D eigenvalue weighted by atomic mass is 9.97. The molecule has 0 unspecified atom stereocenters. The first-order chi connectivity index (χ1) is 10.0. The molecule has 0 aliphatic carbocycles. The van der Waals surface area contributed by atoms with Gasteiger partial charge in [0, 0.05) is 5.41 Å². The van der Waals surface area contributed by atoms with Crippen molar-refractivity contribution in [3.05, 3.63) is 29.3 Å². The third kappa shape index (κ3) is 3.33. The van der Waals surface area contributed by atoms with E-state index in [2.05, 4.69) is 20.3 Å². The average Bonchev–Trinajstić information content (AvgIpc) is 3.16. The van der Waals surface area contributed by atoms with Gasteiger partial charge in [-0.3, -0.25) is 0 Å². The third-order valence-electron chi connectivity index (χ3n) is 2.58. The maximum atomic E-state index is 5.60. The van der Waals surface area contributed by atoms with Crippen molar-refractivity contribution < 1.29 is 8.94 Å². The van der Waals surface area contributed by atoms with Gasteiger partial charge in [0.2, 0.25) is 17.6 Å². The normalized spacial score (nSPS) is 12.0. The first kappa shape index (κ1) is 14.3. The Bertz CT molecular complexity index is 713. The van der Waals surface area contributed by atoms with Crippen molar-refractivity contribution >= 4 is 23.1 Å². The lowest BCUT2D eigenvalue weighted by Gasteiger charge is -2.10. The standard InChI is InChI=1S/C13H14N4O2S2/c1-13(2,3)11-15-16-12(18-11)21-7-9-14-10(17-19-9)8-5-4-6-20-8/h4-6H,7H2,1-3H3. The number of nitrogens with zero attached hydrogens (tertiary/aromatic N) is 4. The summed E-state index contributed by atoms with van der Waals surface area (Å²) in [5.74, 6) is 2.28. The van der Waals surface area contributed by atoms with E-state index in [4.69, 9.17) is 8.94 Å². The zero-order valence-corrected chi connectivity index (χ0v) is 13.5. The van der Waals surface area contributed by atoms with Crippen LogP contribution in [0.25, 0.3) is 10.7 Å². The molecule has 0 aliphatic heterocycles. The molecule has 0 saturated heterocycles. The fourth-order valence-corrected chi connectivity index (χ4v) is 2.76. The number of thiophene rings is 1. The van der Waals surface area contributed by atoms with Crippen molar-refractivity contribution in [1.29, 1.82) is 0 Å². The Morgan fingerprint density at radius 3 is 2.81 bits per heavy atom. The van der Waals surface area contributed by atoms with Crippen molar-refractivity contribution in [3.63, 3.8) is 0 Å². The van der Waals surface area contributed by atoms with Crippen LogP contribution in [-0.4, -0.2) is 20.3 Å². The molecule has 21 heavy (non-hydrogen) atoms. The predicted octanol–water partition coefficient (Wildman–Crippen LogP) is 3.77. The van der Waals surface area contributed by atoms with Gasteiger partial charge in [-0.05, 0) is 11.4 Å². The second kappa shape index (κ2) is 5.61. The van der Waals surface area contributed by atoms with Gasteiger partial charge < -0.3 is 8.94 Å². The van der Waals surface area contributed by atoms with Crippen molar-refractivity contribution in [1.82, 2.24) is 20.3 Å². The lowest BCUT2D eigenvalue weighted by molar-refractivity contribution is 0.346. The first-order valence-electron chi connectivity index (χ1n) is 6.35. The van der Waals surface area contributed by atoms with Gasteiger partial charge in [0.05, 0.1) is 10.6 Å². The van der Waals surface area contributed by atoms with E-state index in [1.165, 1.54) is 11.8 Å². The monoisotopic (exact) mass is 322 g/mol. The largest absolute Gasteiger partial charge is 0.415 e. The van der Waals surface area contributed by atoms with Crippen molar-refractivity contribution in [2.75, 3.05) is 0 Å². The fraction of sp³-hybridized carbons (Fsp3) is 0.385. The van der Waals surface area contributed by atoms with Gasteiger partial charge in [-0.15, -0.1) is 21.5 Å². The topological polar surface area (TPSA) is 77.8 Å². The summed E-state index contributed by atoms with van der Waals surface area (Å²) in [6.45, 7) is 6.08. The second-order valence-corrected chi connectivity index (χ2v) is 7.28. The van der Waals surface area contributed by atoms with Crippen LogP contribution in [-0.2, 0) is 11.2 Å². The molecule has 0 aliphatic rings. The Hall–Kier alpha value is -1.67. The number of hydrogen-bond donors (Lipinski definition) is 0. The molecule has 0 aromatic carbocycles. The van der Waals surface area contributed by atoms with Gasteiger partial charge >= 0.3 is 0 Å². The van der Waals surface area contributed by atoms with Gasteiger partial charge in [-0.1, -0.05) is 43.8 Å². The summed E-state index contributed by atoms with van der Waals surface area (Å²) in [4.78, 5) is 5.33. The lowest BCUT2D eigenvalue weighted by Crippen LogP contribution is -2.11. The molecule has 0 radical (unpaired) electrons. The Kier molecular flexibility index (Phi) is 3.81. The molecular weight excluding hydrogens is 308 g/mol. The number of hydrogen-bond acceptors (Lipinski definition) is 8. The van der Waals surface area contributed by atoms with E-state index in [1.807, 2.05) is 38.3 Å². The molecule has 0 saturated carbocycles. The maximum absolute atomic E-state index is 5.60. The van der Waals surface area contributed by atoms with E-state index in [9.17, 15) is 0 Å². The Balaban J connectivity index is 1.64. The van der Waals surface area contributed by atoms with E-state index in [0.29, 0.717) is 28.6 Å². The van der Waals surface area contributed by atoms with Gasteiger partial charge in [-0.2, -0.15) is 4.98 Å². The first-order valence-corrected chi connectivity index (χ1v) is 8.22. The Morgan fingerprint density at radius 1 is 1.29 bits per heavy atom. The Labute approximate surface area is 130 Å². The molecule has 0 atom stereocenters. The average molecular weight is 322 g/mol. The molecule has 3 aromatic heterocycles. The minimum atomic E-state index is -0.150. The minimum absolute atomic E-state index is 0.150.